The van der Waals surface area contributed by atoms with Gasteiger partial charge in [0.15, 0.2) is 0 Å². The van der Waals surface area contributed by atoms with Gasteiger partial charge >= 0.3 is 5.76 Å². The van der Waals surface area contributed by atoms with Crippen LogP contribution in [0.5, 0.6) is 5.75 Å². The summed E-state index contributed by atoms with van der Waals surface area (Å²) in [5.41, 5.74) is 5.25. The SMILES string of the molecule is COc1cccc2c1CC[C@H]2Nc1nccc2cc(-c3c4c(nc(CCc5ccc(F)cc5)c3-c3n[nH]c(=O)o3)[C@@]3(C)COCCN3C4=O)sc12. The van der Waals surface area contributed by atoms with Crippen LogP contribution in [-0.2, 0) is 29.5 Å². The molecule has 0 spiro atoms. The number of amides is 1. The molecule has 2 N–H and O–H groups in total. The average molecular weight is 705 g/mol. The van der Waals surface area contributed by atoms with Crippen LogP contribution in [0.25, 0.3) is 32.0 Å². The summed E-state index contributed by atoms with van der Waals surface area (Å²) in [6.45, 7) is 3.12. The van der Waals surface area contributed by atoms with Gasteiger partial charge in [-0.2, -0.15) is 0 Å². The van der Waals surface area contributed by atoms with Gasteiger partial charge in [-0.15, -0.1) is 16.4 Å². The molecule has 1 saturated heterocycles. The molecule has 0 saturated carbocycles. The van der Waals surface area contributed by atoms with E-state index < -0.39 is 11.3 Å². The number of carbonyl (C=O) groups excluding carboxylic acids is 1. The molecule has 51 heavy (non-hydrogen) atoms. The summed E-state index contributed by atoms with van der Waals surface area (Å²) in [7, 11) is 1.70. The minimum atomic E-state index is -0.795. The van der Waals surface area contributed by atoms with E-state index in [2.05, 4.69) is 27.6 Å². The van der Waals surface area contributed by atoms with Crippen molar-refractivity contribution in [1.29, 1.82) is 0 Å². The number of aromatic amines is 1. The Morgan fingerprint density at radius 3 is 2.78 bits per heavy atom. The molecule has 9 rings (SSSR count). The normalized spacial score (nSPS) is 19.3. The highest BCUT2D eigenvalue weighted by Gasteiger charge is 2.52. The van der Waals surface area contributed by atoms with Crippen molar-refractivity contribution in [1.82, 2.24) is 25.1 Å². The maximum absolute atomic E-state index is 14.5. The zero-order chi connectivity index (χ0) is 34.9. The Kier molecular flexibility index (Phi) is 7.51. The van der Waals surface area contributed by atoms with Gasteiger partial charge in [0.05, 0.1) is 53.6 Å². The smallest absolute Gasteiger partial charge is 0.434 e. The highest BCUT2D eigenvalue weighted by atomic mass is 32.1. The lowest BCUT2D eigenvalue weighted by Crippen LogP contribution is -2.50. The van der Waals surface area contributed by atoms with Crippen molar-refractivity contribution in [3.05, 3.63) is 111 Å². The van der Waals surface area contributed by atoms with Crippen molar-refractivity contribution < 1.29 is 23.1 Å². The second-order valence-electron chi connectivity index (χ2n) is 13.3. The molecule has 3 aliphatic rings. The molecule has 0 unspecified atom stereocenters. The van der Waals surface area contributed by atoms with E-state index in [1.807, 2.05) is 30.0 Å². The molecule has 2 aromatic carbocycles. The minimum absolute atomic E-state index is 0.0453. The third-order valence-electron chi connectivity index (χ3n) is 10.3. The van der Waals surface area contributed by atoms with Gasteiger partial charge in [-0.1, -0.05) is 24.3 Å². The topological polar surface area (TPSA) is 135 Å². The number of thiophene rings is 1. The summed E-state index contributed by atoms with van der Waals surface area (Å²) in [4.78, 5) is 39.5. The van der Waals surface area contributed by atoms with Crippen molar-refractivity contribution in [2.24, 2.45) is 0 Å². The Morgan fingerprint density at radius 2 is 1.98 bits per heavy atom. The van der Waals surface area contributed by atoms with Gasteiger partial charge in [0.25, 0.3) is 11.8 Å². The molecule has 6 heterocycles. The van der Waals surface area contributed by atoms with Crippen LogP contribution in [0.15, 0.2) is 70.0 Å². The maximum Gasteiger partial charge on any atom is 0.434 e. The number of aryl methyl sites for hydroxylation is 2. The zero-order valence-electron chi connectivity index (χ0n) is 27.9. The summed E-state index contributed by atoms with van der Waals surface area (Å²) in [5.74, 6) is 0.483. The number of fused-ring (bicyclic) bond motifs is 5. The van der Waals surface area contributed by atoms with Crippen LogP contribution >= 0.6 is 11.3 Å². The number of carbonyl (C=O) groups is 1. The fourth-order valence-corrected chi connectivity index (χ4v) is 9.03. The van der Waals surface area contributed by atoms with Gasteiger partial charge in [0, 0.05) is 23.2 Å². The van der Waals surface area contributed by atoms with Gasteiger partial charge in [0.1, 0.15) is 22.9 Å². The highest BCUT2D eigenvalue weighted by Crippen LogP contribution is 2.50. The van der Waals surface area contributed by atoms with Crippen LogP contribution in [0.3, 0.4) is 0 Å². The zero-order valence-corrected chi connectivity index (χ0v) is 28.7. The van der Waals surface area contributed by atoms with Crippen LogP contribution in [0.4, 0.5) is 10.2 Å². The summed E-state index contributed by atoms with van der Waals surface area (Å²) in [6, 6.07) is 16.5. The molecule has 6 aromatic rings. The molecule has 0 radical (unpaired) electrons. The number of benzene rings is 2. The number of pyridine rings is 2. The van der Waals surface area contributed by atoms with E-state index in [4.69, 9.17) is 23.9 Å². The molecular weight excluding hydrogens is 672 g/mol. The number of hydrogen-bond acceptors (Lipinski definition) is 10. The summed E-state index contributed by atoms with van der Waals surface area (Å²) in [5, 5.41) is 11.3. The van der Waals surface area contributed by atoms with E-state index in [9.17, 15) is 14.0 Å². The second kappa shape index (κ2) is 12.1. The van der Waals surface area contributed by atoms with Gasteiger partial charge < -0.3 is 24.1 Å². The van der Waals surface area contributed by atoms with Crippen molar-refractivity contribution in [2.75, 3.05) is 32.2 Å². The molecule has 11 nitrogen and oxygen atoms in total. The van der Waals surface area contributed by atoms with Gasteiger partial charge in [-0.05, 0) is 85.0 Å². The fourth-order valence-electron chi connectivity index (χ4n) is 7.87. The number of halogens is 1. The first-order valence-electron chi connectivity index (χ1n) is 16.9. The van der Waals surface area contributed by atoms with Crippen LogP contribution in [-0.4, -0.2) is 57.8 Å². The third-order valence-corrected chi connectivity index (χ3v) is 11.5. The van der Waals surface area contributed by atoms with Crippen molar-refractivity contribution >= 4 is 33.1 Å². The molecule has 4 aromatic heterocycles. The highest BCUT2D eigenvalue weighted by molar-refractivity contribution is 7.23. The molecule has 2 atom stereocenters. The number of methoxy groups -OCH3 is 1. The Balaban J connectivity index is 1.23. The Bertz CT molecular complexity index is 2400. The van der Waals surface area contributed by atoms with E-state index in [0.717, 1.165) is 44.9 Å². The number of anilines is 1. The number of hydrogen-bond donors (Lipinski definition) is 2. The molecule has 2 aliphatic heterocycles. The third kappa shape index (κ3) is 5.13. The first kappa shape index (κ1) is 31.6. The Hall–Kier alpha value is -5.40. The van der Waals surface area contributed by atoms with Gasteiger partial charge in [-0.3, -0.25) is 9.78 Å². The van der Waals surface area contributed by atoms with Gasteiger partial charge in [-0.25, -0.2) is 19.3 Å². The number of H-pyrrole nitrogens is 1. The number of aromatic nitrogens is 4. The minimum Gasteiger partial charge on any atom is -0.496 e. The molecule has 0 bridgehead atoms. The van der Waals surface area contributed by atoms with Crippen LogP contribution in [0, 0.1) is 5.82 Å². The molecular formula is C38H33FN6O5S. The number of morpholine rings is 1. The van der Waals surface area contributed by atoms with E-state index in [1.54, 1.807) is 25.4 Å². The molecule has 258 valence electrons. The summed E-state index contributed by atoms with van der Waals surface area (Å²) < 4.78 is 31.9. The molecule has 1 amide bonds. The monoisotopic (exact) mass is 704 g/mol. The quantitative estimate of drug-likeness (QED) is 0.184. The van der Waals surface area contributed by atoms with Gasteiger partial charge in [0.2, 0.25) is 0 Å². The standard InChI is InChI=1S/C38H33FN6O5S/c1-38-19-49-17-16-45(38)36(46)31-30(29(35-43-44-37(47)50-35)26(41-33(31)38)12-8-20-6-9-22(39)10-7-20)28-18-21-14-15-40-34(32(21)51-28)42-25-13-11-24-23(25)4-3-5-27(24)48-2/h3-7,9-10,14-15,18,25H,8,11-13,16-17,19H2,1-2H3,(H,40,42)(H,44,47)/t25-,38-/m1/s1. The van der Waals surface area contributed by atoms with E-state index >= 15 is 0 Å². The van der Waals surface area contributed by atoms with E-state index in [0.29, 0.717) is 60.7 Å². The van der Waals surface area contributed by atoms with Crippen molar-refractivity contribution in [3.63, 3.8) is 0 Å². The lowest BCUT2D eigenvalue weighted by atomic mass is 9.90. The van der Waals surface area contributed by atoms with E-state index in [-0.39, 0.29) is 23.7 Å². The Morgan fingerprint density at radius 1 is 1.12 bits per heavy atom. The molecule has 13 heteroatoms. The summed E-state index contributed by atoms with van der Waals surface area (Å²) >= 11 is 1.51. The molecule has 1 aliphatic carbocycles. The first-order valence-corrected chi connectivity index (χ1v) is 17.7. The van der Waals surface area contributed by atoms with Crippen molar-refractivity contribution in [2.45, 2.75) is 44.2 Å². The number of rotatable bonds is 8. The largest absolute Gasteiger partial charge is 0.496 e. The second-order valence-corrected chi connectivity index (χ2v) is 14.4. The lowest BCUT2D eigenvalue weighted by molar-refractivity contribution is -0.0416. The van der Waals surface area contributed by atoms with Crippen LogP contribution in [0.1, 0.15) is 57.8 Å². The average Bonchev–Trinajstić information content (AvgIpc) is 3.92. The van der Waals surface area contributed by atoms with Crippen molar-refractivity contribution in [3.8, 4) is 27.6 Å². The maximum atomic E-state index is 14.5. The predicted octanol–water partition coefficient (Wildman–Crippen LogP) is 6.44. The first-order chi connectivity index (χ1) is 24.8. The molecule has 1 fully saturated rings. The Labute approximate surface area is 295 Å². The van der Waals surface area contributed by atoms with Crippen LogP contribution < -0.4 is 15.8 Å². The van der Waals surface area contributed by atoms with E-state index in [1.165, 1.54) is 34.6 Å². The predicted molar refractivity (Wildman–Crippen MR) is 190 cm³/mol. The number of nitrogens with one attached hydrogen (secondary N) is 2. The number of ether oxygens (including phenoxy) is 2. The lowest BCUT2D eigenvalue weighted by Gasteiger charge is -2.39. The van der Waals surface area contributed by atoms with Crippen LogP contribution in [0.2, 0.25) is 0 Å². The summed E-state index contributed by atoms with van der Waals surface area (Å²) in [6.07, 6.45) is 4.51. The number of nitrogens with zero attached hydrogens (tertiary/aromatic N) is 4. The fraction of sp³-hybridized carbons (Fsp3) is 0.289.